The second-order valence-electron chi connectivity index (χ2n) is 23.8. The second kappa shape index (κ2) is 24.3. The smallest absolute Gasteiger partial charge is 0.246 e. The molecule has 9 N–H and O–H groups in total. The Hall–Kier alpha value is -6.66. The van der Waals surface area contributed by atoms with Crippen molar-refractivity contribution in [2.75, 3.05) is 20.6 Å². The minimum atomic E-state index is -1.12. The van der Waals surface area contributed by atoms with Crippen molar-refractivity contribution in [1.29, 1.82) is 0 Å². The molecule has 18 heteroatoms. The first-order valence-corrected chi connectivity index (χ1v) is 27.4. The van der Waals surface area contributed by atoms with Crippen LogP contribution in [-0.4, -0.2) is 120 Å². The first-order valence-electron chi connectivity index (χ1n) is 27.4. The molecule has 1 saturated heterocycles. The van der Waals surface area contributed by atoms with Crippen LogP contribution >= 0.6 is 0 Å². The molecule has 7 rings (SSSR count). The number of rotatable bonds is 17. The van der Waals surface area contributed by atoms with Crippen molar-refractivity contribution in [2.24, 2.45) is 16.6 Å². The summed E-state index contributed by atoms with van der Waals surface area (Å²) in [5.74, 6) is -4.79. The molecule has 1 unspecified atom stereocenters. The molecule has 2 heterocycles. The molecular weight excluding hydrogens is 977 g/mol. The SMILES string of the molecule is CN[C@@H](C)C(=O)N[C@H](C(=O)N1Cc2cc(C(CC(=O)N[C@H]3C[C@@H](C(=O)N[C@@H]4CCCc5ccccc54)N(C(=O)[C@@H](NC(=O)[C@H](C)NC)C(C)(C)C)C3)C(N)=O)ccc2C[C@H]1C(=O)N[C@@H]1CCCc2ccccc21)C(C)(C)C. The molecule has 0 aromatic heterocycles. The zero-order chi connectivity index (χ0) is 56.1. The van der Waals surface area contributed by atoms with Crippen molar-refractivity contribution in [3.8, 4) is 0 Å². The summed E-state index contributed by atoms with van der Waals surface area (Å²) in [6.45, 7) is 14.4. The van der Waals surface area contributed by atoms with Crippen LogP contribution < -0.4 is 43.0 Å². The number of fused-ring (bicyclic) bond motifs is 3. The van der Waals surface area contributed by atoms with E-state index in [2.05, 4.69) is 49.4 Å². The Labute approximate surface area is 453 Å². The van der Waals surface area contributed by atoms with Crippen LogP contribution in [0.1, 0.15) is 151 Å². The standard InChI is InChI=1S/C59H82N10O8/c1-33(61-9)52(72)66-49(58(3,4)5)56(76)68-31-39-27-38(26-25-37(39)28-46(68)54(74)64-44-23-15-19-35-17-11-13-21-41(35)44)43(51(60)71)30-48(70)63-40-29-47(55(75)65-45-24-16-20-36-18-12-14-22-42(36)45)69(32-40)57(77)50(59(6,7)8)67-53(73)34(2)62-10/h11-14,17-18,21-22,25-27,33-34,40,43-47,49-50,61-62H,15-16,19-20,23-24,28-32H2,1-10H3,(H2,60,71)(H,63,70)(H,64,74)(H,65,75)(H,66,72)(H,67,73)/t33-,34-,40-,43?,44+,45+,46-,47-,49+,50+/m0/s1. The summed E-state index contributed by atoms with van der Waals surface area (Å²) in [4.78, 5) is 116. The Kier molecular flexibility index (Phi) is 18.3. The lowest BCUT2D eigenvalue weighted by atomic mass is 9.83. The number of nitrogens with one attached hydrogen (secondary N) is 7. The van der Waals surface area contributed by atoms with Crippen LogP contribution in [0.2, 0.25) is 0 Å². The summed E-state index contributed by atoms with van der Waals surface area (Å²) in [5.41, 5.74) is 10.8. The highest BCUT2D eigenvalue weighted by molar-refractivity contribution is 5.96. The summed E-state index contributed by atoms with van der Waals surface area (Å²) >= 11 is 0. The lowest BCUT2D eigenvalue weighted by molar-refractivity contribution is -0.147. The lowest BCUT2D eigenvalue weighted by Crippen LogP contribution is -2.62. The number of likely N-dealkylation sites (tertiary alicyclic amines) is 1. The van der Waals surface area contributed by atoms with Crippen molar-refractivity contribution in [1.82, 2.24) is 47.0 Å². The minimum Gasteiger partial charge on any atom is -0.369 e. The number of amides is 8. The minimum absolute atomic E-state index is 0.0330. The van der Waals surface area contributed by atoms with Crippen LogP contribution in [0.15, 0.2) is 66.7 Å². The highest BCUT2D eigenvalue weighted by atomic mass is 16.2. The Morgan fingerprint density at radius 1 is 0.623 bits per heavy atom. The van der Waals surface area contributed by atoms with E-state index in [0.717, 1.165) is 60.8 Å². The number of nitrogens with zero attached hydrogens (tertiary/aromatic N) is 2. The van der Waals surface area contributed by atoms with E-state index in [1.165, 1.54) is 15.4 Å². The van der Waals surface area contributed by atoms with Crippen molar-refractivity contribution < 1.29 is 38.4 Å². The first kappa shape index (κ1) is 58.0. The van der Waals surface area contributed by atoms with Crippen LogP contribution in [0.25, 0.3) is 0 Å². The third kappa shape index (κ3) is 13.5. The highest BCUT2D eigenvalue weighted by Crippen LogP contribution is 2.35. The number of nitrogens with two attached hydrogens (primary N) is 1. The van der Waals surface area contributed by atoms with Crippen LogP contribution in [0.5, 0.6) is 0 Å². The fourth-order valence-corrected chi connectivity index (χ4v) is 11.3. The number of hydrogen-bond donors (Lipinski definition) is 8. The van der Waals surface area contributed by atoms with E-state index < -0.39 is 82.7 Å². The molecule has 1 fully saturated rings. The van der Waals surface area contributed by atoms with E-state index in [4.69, 9.17) is 5.73 Å². The third-order valence-corrected chi connectivity index (χ3v) is 16.2. The predicted molar refractivity (Wildman–Crippen MR) is 293 cm³/mol. The largest absolute Gasteiger partial charge is 0.369 e. The van der Waals surface area contributed by atoms with Crippen molar-refractivity contribution >= 4 is 47.3 Å². The molecule has 2 aliphatic heterocycles. The van der Waals surface area contributed by atoms with Gasteiger partial charge in [0.25, 0.3) is 0 Å². The van der Waals surface area contributed by atoms with E-state index in [1.807, 2.05) is 84.0 Å². The zero-order valence-corrected chi connectivity index (χ0v) is 46.6. The maximum absolute atomic E-state index is 15.0. The van der Waals surface area contributed by atoms with Crippen molar-refractivity contribution in [3.05, 3.63) is 106 Å². The summed E-state index contributed by atoms with van der Waals surface area (Å²) < 4.78 is 0. The van der Waals surface area contributed by atoms with Crippen molar-refractivity contribution in [2.45, 2.75) is 180 Å². The average molecular weight is 1060 g/mol. The monoisotopic (exact) mass is 1060 g/mol. The summed E-state index contributed by atoms with van der Waals surface area (Å²) in [6.07, 6.45) is 4.88. The molecule has 3 aromatic rings. The Morgan fingerprint density at radius 3 is 1.61 bits per heavy atom. The number of aryl methyl sites for hydroxylation is 2. The molecule has 8 amide bonds. The zero-order valence-electron chi connectivity index (χ0n) is 46.6. The van der Waals surface area contributed by atoms with Gasteiger partial charge < -0.3 is 52.8 Å². The lowest BCUT2D eigenvalue weighted by Gasteiger charge is -2.42. The van der Waals surface area contributed by atoms with Gasteiger partial charge in [-0.15, -0.1) is 0 Å². The summed E-state index contributed by atoms with van der Waals surface area (Å²) in [6, 6.07) is 14.9. The molecule has 2 aliphatic carbocycles. The van der Waals surface area contributed by atoms with Gasteiger partial charge in [-0.3, -0.25) is 38.4 Å². The fourth-order valence-electron chi connectivity index (χ4n) is 11.3. The van der Waals surface area contributed by atoms with Crippen LogP contribution in [0, 0.1) is 10.8 Å². The highest BCUT2D eigenvalue weighted by Gasteiger charge is 2.47. The fraction of sp³-hybridized carbons (Fsp3) is 0.559. The quantitative estimate of drug-likeness (QED) is 0.0975. The molecule has 0 bridgehead atoms. The van der Waals surface area contributed by atoms with Crippen LogP contribution in [0.3, 0.4) is 0 Å². The molecular formula is C59H82N10O8. The van der Waals surface area contributed by atoms with E-state index in [1.54, 1.807) is 40.1 Å². The summed E-state index contributed by atoms with van der Waals surface area (Å²) in [5, 5.41) is 21.2. The van der Waals surface area contributed by atoms with E-state index in [0.29, 0.717) is 11.1 Å². The number of hydrogen-bond acceptors (Lipinski definition) is 10. The van der Waals surface area contributed by atoms with Gasteiger partial charge in [-0.25, -0.2) is 0 Å². The topological polar surface area (TPSA) is 253 Å². The maximum Gasteiger partial charge on any atom is 0.246 e. The number of carbonyl (C=O) groups is 8. The van der Waals surface area contributed by atoms with Gasteiger partial charge in [-0.2, -0.15) is 0 Å². The number of benzene rings is 3. The Balaban J connectivity index is 1.13. The molecule has 77 heavy (non-hydrogen) atoms. The van der Waals surface area contributed by atoms with Gasteiger partial charge >= 0.3 is 0 Å². The Morgan fingerprint density at radius 2 is 1.12 bits per heavy atom. The third-order valence-electron chi connectivity index (χ3n) is 16.2. The molecule has 0 spiro atoms. The normalized spacial score (nSPS) is 22.1. The Bertz CT molecular complexity index is 2710. The van der Waals surface area contributed by atoms with Gasteiger partial charge in [0.15, 0.2) is 0 Å². The number of carbonyl (C=O) groups excluding carboxylic acids is 8. The molecule has 3 aromatic carbocycles. The average Bonchev–Trinajstić information content (AvgIpc) is 3.82. The van der Waals surface area contributed by atoms with E-state index in [9.17, 15) is 33.6 Å². The van der Waals surface area contributed by atoms with Gasteiger partial charge in [0, 0.05) is 32.0 Å². The van der Waals surface area contributed by atoms with E-state index in [-0.39, 0.29) is 68.1 Å². The molecule has 10 atom stereocenters. The van der Waals surface area contributed by atoms with Crippen LogP contribution in [0.4, 0.5) is 0 Å². The summed E-state index contributed by atoms with van der Waals surface area (Å²) in [7, 11) is 3.30. The van der Waals surface area contributed by atoms with Crippen LogP contribution in [-0.2, 0) is 64.2 Å². The maximum atomic E-state index is 15.0. The molecule has 18 nitrogen and oxygen atoms in total. The van der Waals surface area contributed by atoms with Crippen molar-refractivity contribution in [3.63, 3.8) is 0 Å². The molecule has 416 valence electrons. The van der Waals surface area contributed by atoms with Gasteiger partial charge in [0.05, 0.1) is 30.1 Å². The van der Waals surface area contributed by atoms with Gasteiger partial charge in [-0.1, -0.05) is 108 Å². The predicted octanol–water partition coefficient (Wildman–Crippen LogP) is 3.65. The van der Waals surface area contributed by atoms with E-state index >= 15 is 4.79 Å². The number of likely N-dealkylation sites (N-methyl/N-ethyl adjacent to an activating group) is 2. The van der Waals surface area contributed by atoms with Gasteiger partial charge in [-0.05, 0) is 123 Å². The first-order chi connectivity index (χ1) is 36.4. The molecule has 0 radical (unpaired) electrons. The van der Waals surface area contributed by atoms with Gasteiger partial charge in [0.2, 0.25) is 47.3 Å². The molecule has 0 saturated carbocycles. The second-order valence-corrected chi connectivity index (χ2v) is 23.8. The molecule has 4 aliphatic rings. The van der Waals surface area contributed by atoms with Gasteiger partial charge in [0.1, 0.15) is 24.2 Å². The number of primary amides is 1.